The van der Waals surface area contributed by atoms with Crippen LogP contribution in [0.5, 0.6) is 5.75 Å². The number of nitrogens with zero attached hydrogens (tertiary/aromatic N) is 5. The number of benzene rings is 2. The zero-order valence-corrected chi connectivity index (χ0v) is 23.5. The van der Waals surface area contributed by atoms with Gasteiger partial charge in [-0.1, -0.05) is 22.9 Å². The highest BCUT2D eigenvalue weighted by Crippen LogP contribution is 2.44. The number of hydrogen-bond donors (Lipinski definition) is 2. The van der Waals surface area contributed by atoms with Crippen molar-refractivity contribution in [2.24, 2.45) is 0 Å². The molecule has 0 fully saturated rings. The van der Waals surface area contributed by atoms with E-state index in [0.717, 1.165) is 42.8 Å². The zero-order valence-electron chi connectivity index (χ0n) is 22.8. The van der Waals surface area contributed by atoms with Crippen LogP contribution in [0, 0.1) is 11.6 Å². The van der Waals surface area contributed by atoms with Gasteiger partial charge in [-0.2, -0.15) is 13.2 Å². The van der Waals surface area contributed by atoms with Crippen molar-refractivity contribution in [1.29, 1.82) is 0 Å². The Morgan fingerprint density at radius 2 is 1.67 bits per heavy atom. The minimum absolute atomic E-state index is 0.0860. The lowest BCUT2D eigenvalue weighted by Crippen LogP contribution is -2.47. The average Bonchev–Trinajstić information content (AvgIpc) is 3.31. The lowest BCUT2D eigenvalue weighted by molar-refractivity contribution is -0.274. The molecule has 2 aromatic carbocycles. The summed E-state index contributed by atoms with van der Waals surface area (Å²) in [4.78, 5) is 8.12. The fourth-order valence-electron chi connectivity index (χ4n) is 4.64. The number of methoxy groups -OCH3 is 1. The molecule has 0 saturated heterocycles. The third-order valence-electron chi connectivity index (χ3n) is 6.86. The fourth-order valence-corrected chi connectivity index (χ4v) is 4.88. The number of fused-ring (bicyclic) bond motifs is 1. The van der Waals surface area contributed by atoms with Crippen molar-refractivity contribution in [3.05, 3.63) is 88.8 Å². The number of aromatic nitrogens is 5. The van der Waals surface area contributed by atoms with E-state index in [1.54, 1.807) is 24.4 Å². The summed E-state index contributed by atoms with van der Waals surface area (Å²) in [7, 11) is 1.39. The number of alkyl halides is 3. The fraction of sp³-hybridized carbons (Fsp3) is 0.241. The topological polar surface area (TPSA) is 106 Å². The maximum atomic E-state index is 15.6. The molecule has 0 amide bonds. The van der Waals surface area contributed by atoms with E-state index in [4.69, 9.17) is 16.3 Å². The Labute approximate surface area is 246 Å². The van der Waals surface area contributed by atoms with Gasteiger partial charge in [0.1, 0.15) is 28.5 Å². The summed E-state index contributed by atoms with van der Waals surface area (Å²) < 4.78 is 79.8. The molecular formula is C29H23ClF5N5O3. The number of hydrogen-bond acceptors (Lipinski definition) is 7. The number of aliphatic hydroxyl groups is 2. The van der Waals surface area contributed by atoms with Gasteiger partial charge in [-0.25, -0.2) is 18.4 Å². The van der Waals surface area contributed by atoms with Gasteiger partial charge in [-0.15, -0.1) is 5.10 Å². The largest absolute Gasteiger partial charge is 0.494 e. The van der Waals surface area contributed by atoms with Gasteiger partial charge in [0.25, 0.3) is 0 Å². The van der Waals surface area contributed by atoms with Crippen LogP contribution >= 0.6 is 11.6 Å². The predicted molar refractivity (Wildman–Crippen MR) is 147 cm³/mol. The molecule has 0 radical (unpaired) electrons. The predicted octanol–water partition coefficient (Wildman–Crippen LogP) is 6.17. The molecule has 224 valence electrons. The van der Waals surface area contributed by atoms with Gasteiger partial charge in [-0.3, -0.25) is 4.98 Å². The van der Waals surface area contributed by atoms with E-state index >= 15 is 4.39 Å². The molecule has 0 aliphatic rings. The molecule has 0 aliphatic heterocycles. The van der Waals surface area contributed by atoms with Gasteiger partial charge in [0.15, 0.2) is 11.0 Å². The molecule has 5 rings (SSSR count). The van der Waals surface area contributed by atoms with E-state index in [9.17, 15) is 27.8 Å². The van der Waals surface area contributed by atoms with Gasteiger partial charge in [0.05, 0.1) is 24.9 Å². The van der Waals surface area contributed by atoms with E-state index < -0.39 is 52.5 Å². The van der Waals surface area contributed by atoms with Gasteiger partial charge >= 0.3 is 6.18 Å². The van der Waals surface area contributed by atoms with Crippen LogP contribution in [0.4, 0.5) is 22.0 Å². The van der Waals surface area contributed by atoms with Gasteiger partial charge in [-0.05, 0) is 62.4 Å². The standard InChI is InChI=1S/C29H23ClF5N5O3/c1-27(2,41)19-13-21(37-24(22(19)32)15-6-8-18(31)9-7-15)28(42,29(33,34)35)14-40-25(26(30)38-39-40)17-11-16-5-4-10-36-23(16)20(12-17)43-3/h4-13,41-42H,14H2,1-3H3/t28-/m0/s1. The highest BCUT2D eigenvalue weighted by atomic mass is 35.5. The van der Waals surface area contributed by atoms with E-state index in [0.29, 0.717) is 22.7 Å². The maximum Gasteiger partial charge on any atom is 0.424 e. The van der Waals surface area contributed by atoms with Crippen molar-refractivity contribution in [2.45, 2.75) is 37.8 Å². The highest BCUT2D eigenvalue weighted by Gasteiger charge is 2.57. The van der Waals surface area contributed by atoms with Crippen molar-refractivity contribution in [3.8, 4) is 28.3 Å². The molecule has 5 aromatic rings. The van der Waals surface area contributed by atoms with E-state index in [-0.39, 0.29) is 22.0 Å². The molecule has 3 aromatic heterocycles. The summed E-state index contributed by atoms with van der Waals surface area (Å²) in [6.45, 7) is 1.01. The SMILES string of the molecule is COc1cc(-c2c(Cl)nnn2C[C@](O)(c2cc(C(C)(C)O)c(F)c(-c3ccc(F)cc3)n2)C(F)(F)F)cc2cccnc12. The van der Waals surface area contributed by atoms with E-state index in [1.807, 2.05) is 0 Å². The maximum absolute atomic E-state index is 15.6. The Bertz CT molecular complexity index is 1820. The van der Waals surface area contributed by atoms with E-state index in [2.05, 4.69) is 20.3 Å². The summed E-state index contributed by atoms with van der Waals surface area (Å²) >= 11 is 6.30. The van der Waals surface area contributed by atoms with Gasteiger partial charge in [0, 0.05) is 28.3 Å². The van der Waals surface area contributed by atoms with Crippen LogP contribution in [0.25, 0.3) is 33.4 Å². The number of rotatable bonds is 7. The molecular weight excluding hydrogens is 597 g/mol. The second kappa shape index (κ2) is 10.8. The summed E-state index contributed by atoms with van der Waals surface area (Å²) in [6, 6.07) is 11.2. The molecule has 1 atom stereocenters. The van der Waals surface area contributed by atoms with Crippen molar-refractivity contribution in [3.63, 3.8) is 0 Å². The molecule has 0 aliphatic carbocycles. The van der Waals surface area contributed by atoms with Crippen LogP contribution in [0.3, 0.4) is 0 Å². The first-order valence-corrected chi connectivity index (χ1v) is 13.0. The Hall–Kier alpha value is -4.20. The summed E-state index contributed by atoms with van der Waals surface area (Å²) in [6.07, 6.45) is -3.86. The van der Waals surface area contributed by atoms with E-state index in [1.165, 1.54) is 13.2 Å². The van der Waals surface area contributed by atoms with Gasteiger partial charge < -0.3 is 14.9 Å². The zero-order chi connectivity index (χ0) is 31.3. The van der Waals surface area contributed by atoms with Crippen molar-refractivity contribution < 1.29 is 36.9 Å². The van der Waals surface area contributed by atoms with Crippen molar-refractivity contribution in [1.82, 2.24) is 25.0 Å². The van der Waals surface area contributed by atoms with Crippen LogP contribution in [-0.4, -0.2) is 48.5 Å². The third-order valence-corrected chi connectivity index (χ3v) is 7.12. The Balaban J connectivity index is 1.71. The van der Waals surface area contributed by atoms with Crippen molar-refractivity contribution >= 4 is 22.5 Å². The van der Waals surface area contributed by atoms with Crippen LogP contribution in [0.2, 0.25) is 5.15 Å². The summed E-state index contributed by atoms with van der Waals surface area (Å²) in [5.74, 6) is -1.53. The number of halogens is 6. The number of pyridine rings is 2. The van der Waals surface area contributed by atoms with Crippen molar-refractivity contribution in [2.75, 3.05) is 7.11 Å². The molecule has 0 spiro atoms. The smallest absolute Gasteiger partial charge is 0.424 e. The monoisotopic (exact) mass is 619 g/mol. The lowest BCUT2D eigenvalue weighted by Gasteiger charge is -2.32. The first kappa shape index (κ1) is 30.3. The normalized spacial score (nSPS) is 13.7. The Morgan fingerprint density at radius 1 is 0.977 bits per heavy atom. The van der Waals surface area contributed by atoms with Crippen LogP contribution in [-0.2, 0) is 17.7 Å². The minimum atomic E-state index is -5.41. The molecule has 2 N–H and O–H groups in total. The first-order chi connectivity index (χ1) is 20.1. The molecule has 0 saturated carbocycles. The first-order valence-electron chi connectivity index (χ1n) is 12.6. The molecule has 8 nitrogen and oxygen atoms in total. The second-order valence-corrected chi connectivity index (χ2v) is 10.6. The third kappa shape index (κ3) is 5.51. The minimum Gasteiger partial charge on any atom is -0.494 e. The molecule has 3 heterocycles. The van der Waals surface area contributed by atoms with Gasteiger partial charge in [0.2, 0.25) is 5.60 Å². The molecule has 0 bridgehead atoms. The second-order valence-electron chi connectivity index (χ2n) is 10.3. The summed E-state index contributed by atoms with van der Waals surface area (Å²) in [5.41, 5.74) is -7.50. The molecule has 43 heavy (non-hydrogen) atoms. The highest BCUT2D eigenvalue weighted by molar-refractivity contribution is 6.31. The Morgan fingerprint density at radius 3 is 2.30 bits per heavy atom. The Kier molecular flexibility index (Phi) is 7.61. The quantitative estimate of drug-likeness (QED) is 0.210. The van der Waals surface area contributed by atoms with Crippen LogP contribution in [0.15, 0.2) is 60.8 Å². The number of ether oxygens (including phenoxy) is 1. The lowest BCUT2D eigenvalue weighted by atomic mass is 9.90. The van der Waals surface area contributed by atoms with Crippen LogP contribution < -0.4 is 4.74 Å². The summed E-state index contributed by atoms with van der Waals surface area (Å²) in [5, 5.41) is 29.8. The van der Waals surface area contributed by atoms with Crippen LogP contribution in [0.1, 0.15) is 25.1 Å². The molecule has 14 heteroatoms. The molecule has 0 unspecified atom stereocenters. The average molecular weight is 620 g/mol.